The van der Waals surface area contributed by atoms with Gasteiger partial charge in [-0.05, 0) is 37.5 Å². The van der Waals surface area contributed by atoms with Crippen molar-refractivity contribution < 1.29 is 14.3 Å². The number of ether oxygens (including phenoxy) is 2. The largest absolute Gasteiger partial charge is 0.490 e. The first-order valence-electron chi connectivity index (χ1n) is 11.1. The molecule has 0 unspecified atom stereocenters. The number of rotatable bonds is 6. The summed E-state index contributed by atoms with van der Waals surface area (Å²) >= 11 is 0. The van der Waals surface area contributed by atoms with E-state index < -0.39 is 0 Å². The van der Waals surface area contributed by atoms with Crippen LogP contribution in [0.25, 0.3) is 0 Å². The number of aromatic nitrogens is 2. The first kappa shape index (κ1) is 20.7. The molecule has 7 nitrogen and oxygen atoms in total. The summed E-state index contributed by atoms with van der Waals surface area (Å²) in [5, 5.41) is 4.36. The van der Waals surface area contributed by atoms with Gasteiger partial charge in [0, 0.05) is 63.9 Å². The van der Waals surface area contributed by atoms with Gasteiger partial charge in [0.05, 0.1) is 19.4 Å². The van der Waals surface area contributed by atoms with E-state index in [1.165, 1.54) is 5.56 Å². The van der Waals surface area contributed by atoms with Gasteiger partial charge in [0.15, 0.2) is 11.5 Å². The van der Waals surface area contributed by atoms with Gasteiger partial charge in [-0.2, -0.15) is 5.10 Å². The summed E-state index contributed by atoms with van der Waals surface area (Å²) in [5.74, 6) is 1.84. The molecule has 30 heavy (non-hydrogen) atoms. The molecule has 2 aliphatic heterocycles. The third-order valence-electron chi connectivity index (χ3n) is 5.80. The maximum atomic E-state index is 12.8. The number of nitrogens with zero attached hydrogens (tertiary/aromatic N) is 4. The van der Waals surface area contributed by atoms with Crippen molar-refractivity contribution in [2.45, 2.75) is 45.7 Å². The van der Waals surface area contributed by atoms with Gasteiger partial charge in [-0.15, -0.1) is 0 Å². The fraction of sp³-hybridized carbons (Fsp3) is 0.565. The fourth-order valence-corrected chi connectivity index (χ4v) is 4.07. The minimum absolute atomic E-state index is 0.239. The molecular weight excluding hydrogens is 380 g/mol. The number of carbonyl (C=O) groups is 1. The van der Waals surface area contributed by atoms with Gasteiger partial charge >= 0.3 is 0 Å². The van der Waals surface area contributed by atoms with Gasteiger partial charge in [-0.25, -0.2) is 0 Å². The maximum absolute atomic E-state index is 12.8. The number of carbonyl (C=O) groups excluding carboxylic acids is 1. The number of benzene rings is 1. The summed E-state index contributed by atoms with van der Waals surface area (Å²) in [7, 11) is 0. The predicted molar refractivity (Wildman–Crippen MR) is 115 cm³/mol. The lowest BCUT2D eigenvalue weighted by atomic mass is 10.1. The SMILES string of the molecule is CCn1cc(CN2CCCN(C(=O)CCc3ccc4c(c3)OCCCO4)CC2)cn1. The van der Waals surface area contributed by atoms with E-state index in [0.29, 0.717) is 19.6 Å². The van der Waals surface area contributed by atoms with Crippen molar-refractivity contribution >= 4 is 5.91 Å². The van der Waals surface area contributed by atoms with E-state index in [2.05, 4.69) is 23.1 Å². The normalized spacial score (nSPS) is 17.4. The average Bonchev–Trinajstić information content (AvgIpc) is 2.94. The molecule has 0 bridgehead atoms. The van der Waals surface area contributed by atoms with Crippen LogP contribution >= 0.6 is 0 Å². The Hall–Kier alpha value is -2.54. The van der Waals surface area contributed by atoms with Crippen LogP contribution in [0.1, 0.15) is 37.3 Å². The average molecular weight is 413 g/mol. The molecule has 0 atom stereocenters. The lowest BCUT2D eigenvalue weighted by molar-refractivity contribution is -0.131. The zero-order chi connectivity index (χ0) is 20.8. The zero-order valence-corrected chi connectivity index (χ0v) is 17.9. The Kier molecular flexibility index (Phi) is 6.89. The number of fused-ring (bicyclic) bond motifs is 1. The van der Waals surface area contributed by atoms with Crippen molar-refractivity contribution in [1.29, 1.82) is 0 Å². The van der Waals surface area contributed by atoms with Gasteiger partial charge in [-0.3, -0.25) is 14.4 Å². The minimum atomic E-state index is 0.239. The number of aryl methyl sites for hydroxylation is 2. The Bertz CT molecular complexity index is 851. The topological polar surface area (TPSA) is 59.8 Å². The molecule has 0 radical (unpaired) electrons. The predicted octanol–water partition coefficient (Wildman–Crippen LogP) is 2.73. The van der Waals surface area contributed by atoms with Crippen LogP contribution in [-0.2, 0) is 24.3 Å². The van der Waals surface area contributed by atoms with E-state index in [1.54, 1.807) is 0 Å². The van der Waals surface area contributed by atoms with Crippen LogP contribution in [0, 0.1) is 0 Å². The standard InChI is InChI=1S/C23H32N4O3/c1-2-27-18-20(16-24-27)17-25-9-3-10-26(12-11-25)23(28)8-6-19-5-7-21-22(15-19)30-14-4-13-29-21/h5,7,15-16,18H,2-4,6,8-14,17H2,1H3. The molecular formula is C23H32N4O3. The van der Waals surface area contributed by atoms with Crippen LogP contribution < -0.4 is 9.47 Å². The summed E-state index contributed by atoms with van der Waals surface area (Å²) in [6.07, 6.45) is 7.23. The van der Waals surface area contributed by atoms with Gasteiger partial charge in [0.2, 0.25) is 5.91 Å². The summed E-state index contributed by atoms with van der Waals surface area (Å²) in [6, 6.07) is 6.03. The molecule has 4 rings (SSSR count). The maximum Gasteiger partial charge on any atom is 0.222 e. The Morgan fingerprint density at radius 1 is 1.03 bits per heavy atom. The first-order valence-corrected chi connectivity index (χ1v) is 11.1. The van der Waals surface area contributed by atoms with E-state index in [1.807, 2.05) is 34.0 Å². The van der Waals surface area contributed by atoms with Gasteiger partial charge in [0.1, 0.15) is 0 Å². The second-order valence-electron chi connectivity index (χ2n) is 8.05. The van der Waals surface area contributed by atoms with Gasteiger partial charge < -0.3 is 14.4 Å². The summed E-state index contributed by atoms with van der Waals surface area (Å²) in [6.45, 7) is 8.82. The molecule has 1 saturated heterocycles. The third kappa shape index (κ3) is 5.33. The summed E-state index contributed by atoms with van der Waals surface area (Å²) in [4.78, 5) is 17.3. The zero-order valence-electron chi connectivity index (χ0n) is 17.9. The van der Waals surface area contributed by atoms with E-state index in [4.69, 9.17) is 9.47 Å². The molecule has 2 aromatic rings. The Labute approximate surface area is 178 Å². The van der Waals surface area contributed by atoms with Crippen molar-refractivity contribution in [3.8, 4) is 11.5 Å². The molecule has 0 aliphatic carbocycles. The van der Waals surface area contributed by atoms with E-state index in [9.17, 15) is 4.79 Å². The van der Waals surface area contributed by atoms with E-state index >= 15 is 0 Å². The molecule has 1 fully saturated rings. The minimum Gasteiger partial charge on any atom is -0.490 e. The number of hydrogen-bond donors (Lipinski definition) is 0. The number of hydrogen-bond acceptors (Lipinski definition) is 5. The molecule has 0 saturated carbocycles. The van der Waals surface area contributed by atoms with Crippen LogP contribution in [0.2, 0.25) is 0 Å². The highest BCUT2D eigenvalue weighted by atomic mass is 16.5. The van der Waals surface area contributed by atoms with Crippen molar-refractivity contribution in [3.05, 3.63) is 41.7 Å². The van der Waals surface area contributed by atoms with Crippen molar-refractivity contribution in [2.24, 2.45) is 0 Å². The monoisotopic (exact) mass is 412 g/mol. The quantitative estimate of drug-likeness (QED) is 0.730. The third-order valence-corrected chi connectivity index (χ3v) is 5.80. The molecule has 1 amide bonds. The van der Waals surface area contributed by atoms with Gasteiger partial charge in [0.25, 0.3) is 0 Å². The fourth-order valence-electron chi connectivity index (χ4n) is 4.07. The molecule has 1 aromatic carbocycles. The molecule has 0 spiro atoms. The van der Waals surface area contributed by atoms with Crippen LogP contribution in [0.15, 0.2) is 30.6 Å². The molecule has 2 aliphatic rings. The van der Waals surface area contributed by atoms with E-state index in [-0.39, 0.29) is 5.91 Å². The molecule has 0 N–H and O–H groups in total. The van der Waals surface area contributed by atoms with Crippen LogP contribution in [-0.4, -0.2) is 64.9 Å². The van der Waals surface area contributed by atoms with Crippen molar-refractivity contribution in [3.63, 3.8) is 0 Å². The second-order valence-corrected chi connectivity index (χ2v) is 8.05. The lowest BCUT2D eigenvalue weighted by Crippen LogP contribution is -2.35. The Morgan fingerprint density at radius 2 is 1.90 bits per heavy atom. The lowest BCUT2D eigenvalue weighted by Gasteiger charge is -2.22. The van der Waals surface area contributed by atoms with Gasteiger partial charge in [-0.1, -0.05) is 6.07 Å². The molecule has 3 heterocycles. The molecule has 7 heteroatoms. The van der Waals surface area contributed by atoms with Crippen molar-refractivity contribution in [2.75, 3.05) is 39.4 Å². The van der Waals surface area contributed by atoms with Crippen LogP contribution in [0.3, 0.4) is 0 Å². The Balaban J connectivity index is 1.26. The number of amides is 1. The molecule has 162 valence electrons. The highest BCUT2D eigenvalue weighted by Crippen LogP contribution is 2.30. The highest BCUT2D eigenvalue weighted by Gasteiger charge is 2.20. The highest BCUT2D eigenvalue weighted by molar-refractivity contribution is 5.76. The molecule has 1 aromatic heterocycles. The van der Waals surface area contributed by atoms with E-state index in [0.717, 1.165) is 75.6 Å². The van der Waals surface area contributed by atoms with Crippen LogP contribution in [0.5, 0.6) is 11.5 Å². The Morgan fingerprint density at radius 3 is 2.73 bits per heavy atom. The second kappa shape index (κ2) is 9.98. The first-order chi connectivity index (χ1) is 14.7. The van der Waals surface area contributed by atoms with Crippen molar-refractivity contribution in [1.82, 2.24) is 19.6 Å². The smallest absolute Gasteiger partial charge is 0.222 e. The van der Waals surface area contributed by atoms with Crippen LogP contribution in [0.4, 0.5) is 0 Å². The summed E-state index contributed by atoms with van der Waals surface area (Å²) in [5.41, 5.74) is 2.36. The summed E-state index contributed by atoms with van der Waals surface area (Å²) < 4.78 is 13.4.